The van der Waals surface area contributed by atoms with Crippen LogP contribution in [0.25, 0.3) is 0 Å². The number of alkyl halides is 2. The number of benzene rings is 1. The van der Waals surface area contributed by atoms with E-state index in [4.69, 9.17) is 15.6 Å². The van der Waals surface area contributed by atoms with Crippen molar-refractivity contribution in [3.8, 4) is 5.75 Å². The van der Waals surface area contributed by atoms with Gasteiger partial charge in [-0.2, -0.15) is 0 Å². The Morgan fingerprint density at radius 1 is 1.58 bits per heavy atom. The number of nitrogens with two attached hydrogens (primary N) is 1. The summed E-state index contributed by atoms with van der Waals surface area (Å²) in [5.41, 5.74) is 5.28. The minimum atomic E-state index is -3.42. The second-order valence-electron chi connectivity index (χ2n) is 4.19. The average Bonchev–Trinajstić information content (AvgIpc) is 2.37. The van der Waals surface area contributed by atoms with Crippen molar-refractivity contribution in [3.05, 3.63) is 34.2 Å². The van der Waals surface area contributed by atoms with Gasteiger partial charge in [-0.15, -0.1) is 0 Å². The molecular formula is C12H11BrF2NO3. The quantitative estimate of drug-likeness (QED) is 0.882. The number of primary amides is 1. The van der Waals surface area contributed by atoms with E-state index in [-0.39, 0.29) is 23.7 Å². The van der Waals surface area contributed by atoms with E-state index < -0.39 is 24.5 Å². The van der Waals surface area contributed by atoms with Gasteiger partial charge in [-0.3, -0.25) is 4.79 Å². The maximum atomic E-state index is 13.8. The molecule has 0 aliphatic carbocycles. The van der Waals surface area contributed by atoms with Gasteiger partial charge in [0, 0.05) is 16.5 Å². The fraction of sp³-hybridized carbons (Fsp3) is 0.333. The van der Waals surface area contributed by atoms with Crippen molar-refractivity contribution in [2.24, 2.45) is 5.73 Å². The van der Waals surface area contributed by atoms with Crippen LogP contribution in [-0.4, -0.2) is 29.6 Å². The lowest BCUT2D eigenvalue weighted by molar-refractivity contribution is -0.126. The average molecular weight is 335 g/mol. The molecule has 0 aromatic heterocycles. The maximum absolute atomic E-state index is 13.8. The summed E-state index contributed by atoms with van der Waals surface area (Å²) in [6, 6.07) is 4.55. The highest BCUT2D eigenvalue weighted by Gasteiger charge is 2.47. The molecule has 1 aromatic rings. The van der Waals surface area contributed by atoms with Gasteiger partial charge in [0.2, 0.25) is 0 Å². The Morgan fingerprint density at radius 2 is 2.26 bits per heavy atom. The highest BCUT2D eigenvalue weighted by Crippen LogP contribution is 2.44. The number of hydrogen-bond acceptors (Lipinski definition) is 3. The topological polar surface area (TPSA) is 72.6 Å². The Labute approximate surface area is 116 Å². The van der Waals surface area contributed by atoms with Gasteiger partial charge in [-0.05, 0) is 18.2 Å². The summed E-state index contributed by atoms with van der Waals surface area (Å²) in [4.78, 5) is 11.2. The largest absolute Gasteiger partial charge is 0.480 e. The molecule has 1 aliphatic rings. The molecule has 0 spiro atoms. The Hall–Kier alpha value is -1.21. The Balaban J connectivity index is 2.48. The monoisotopic (exact) mass is 334 g/mol. The molecule has 0 saturated heterocycles. The SMILES string of the molecule is NC(=O)[C@H]1C[C](C(F)(F)CO)c2cc(Br)ccc2O1. The lowest BCUT2D eigenvalue weighted by Gasteiger charge is -2.34. The summed E-state index contributed by atoms with van der Waals surface area (Å²) >= 11 is 3.18. The molecular weight excluding hydrogens is 324 g/mol. The molecule has 7 heteroatoms. The molecule has 0 saturated carbocycles. The number of halogens is 3. The molecule has 4 nitrogen and oxygen atoms in total. The number of carbonyl (C=O) groups excluding carboxylic acids is 1. The van der Waals surface area contributed by atoms with Crippen LogP contribution >= 0.6 is 15.9 Å². The van der Waals surface area contributed by atoms with Crippen LogP contribution in [0.15, 0.2) is 22.7 Å². The lowest BCUT2D eigenvalue weighted by atomic mass is 9.85. The highest BCUT2D eigenvalue weighted by atomic mass is 79.9. The van der Waals surface area contributed by atoms with E-state index in [2.05, 4.69) is 15.9 Å². The van der Waals surface area contributed by atoms with E-state index in [1.807, 2.05) is 0 Å². The van der Waals surface area contributed by atoms with Gasteiger partial charge < -0.3 is 15.6 Å². The van der Waals surface area contributed by atoms with Gasteiger partial charge in [-0.1, -0.05) is 15.9 Å². The van der Waals surface area contributed by atoms with Crippen molar-refractivity contribution in [2.45, 2.75) is 18.4 Å². The Morgan fingerprint density at radius 3 is 2.84 bits per heavy atom. The van der Waals surface area contributed by atoms with Crippen LogP contribution in [-0.2, 0) is 4.79 Å². The molecule has 0 bridgehead atoms. The minimum Gasteiger partial charge on any atom is -0.480 e. The fourth-order valence-electron chi connectivity index (χ4n) is 1.93. The first-order valence-corrected chi connectivity index (χ1v) is 6.25. The summed E-state index contributed by atoms with van der Waals surface area (Å²) in [6.07, 6.45) is -1.49. The zero-order valence-electron chi connectivity index (χ0n) is 9.70. The van der Waals surface area contributed by atoms with Crippen LogP contribution in [0, 0.1) is 5.92 Å². The second kappa shape index (κ2) is 5.05. The molecule has 2 rings (SSSR count). The molecule has 19 heavy (non-hydrogen) atoms. The first-order chi connectivity index (χ1) is 8.85. The van der Waals surface area contributed by atoms with Crippen molar-refractivity contribution >= 4 is 21.8 Å². The van der Waals surface area contributed by atoms with Crippen molar-refractivity contribution in [2.75, 3.05) is 6.61 Å². The minimum absolute atomic E-state index is 0.154. The van der Waals surface area contributed by atoms with Crippen molar-refractivity contribution < 1.29 is 23.4 Å². The fourth-order valence-corrected chi connectivity index (χ4v) is 2.29. The number of aliphatic hydroxyl groups excluding tert-OH is 1. The zero-order valence-corrected chi connectivity index (χ0v) is 11.3. The number of carbonyl (C=O) groups is 1. The van der Waals surface area contributed by atoms with Gasteiger partial charge in [0.15, 0.2) is 6.10 Å². The molecule has 0 unspecified atom stereocenters. The lowest BCUT2D eigenvalue weighted by Crippen LogP contribution is -2.43. The third-order valence-corrected chi connectivity index (χ3v) is 3.38. The van der Waals surface area contributed by atoms with E-state index in [1.165, 1.54) is 12.1 Å². The third kappa shape index (κ3) is 2.71. The van der Waals surface area contributed by atoms with Crippen LogP contribution in [0.5, 0.6) is 5.75 Å². The number of ether oxygens (including phenoxy) is 1. The van der Waals surface area contributed by atoms with Crippen LogP contribution < -0.4 is 10.5 Å². The molecule has 3 N–H and O–H groups in total. The van der Waals surface area contributed by atoms with Gasteiger partial charge >= 0.3 is 0 Å². The van der Waals surface area contributed by atoms with E-state index in [0.717, 1.165) is 0 Å². The van der Waals surface area contributed by atoms with Crippen LogP contribution in [0.4, 0.5) is 8.78 Å². The number of rotatable bonds is 3. The molecule has 1 aliphatic heterocycles. The molecule has 1 atom stereocenters. The van der Waals surface area contributed by atoms with E-state index in [1.54, 1.807) is 6.07 Å². The summed E-state index contributed by atoms with van der Waals surface area (Å²) in [6.45, 7) is -1.33. The van der Waals surface area contributed by atoms with Crippen molar-refractivity contribution in [1.29, 1.82) is 0 Å². The second-order valence-corrected chi connectivity index (χ2v) is 5.11. The van der Waals surface area contributed by atoms with Crippen LogP contribution in [0.2, 0.25) is 0 Å². The van der Waals surface area contributed by atoms with E-state index >= 15 is 0 Å². The Bertz CT molecular complexity index is 510. The molecule has 0 fully saturated rings. The first-order valence-electron chi connectivity index (χ1n) is 5.46. The Kier molecular flexibility index (Phi) is 3.78. The standard InChI is InChI=1S/C12H11BrF2NO3/c13-6-1-2-9-7(3-6)8(12(14,15)5-17)4-10(19-9)11(16)18/h1-3,10,17H,4-5H2,(H2,16,18)/t10-/m1/s1. The van der Waals surface area contributed by atoms with Gasteiger partial charge in [0.25, 0.3) is 11.8 Å². The summed E-state index contributed by atoms with van der Waals surface area (Å²) in [5.74, 6) is -4.44. The molecule has 1 amide bonds. The number of aliphatic hydroxyl groups is 1. The smallest absolute Gasteiger partial charge is 0.281 e. The van der Waals surface area contributed by atoms with E-state index in [9.17, 15) is 13.6 Å². The maximum Gasteiger partial charge on any atom is 0.281 e. The van der Waals surface area contributed by atoms with Crippen molar-refractivity contribution in [3.63, 3.8) is 0 Å². The van der Waals surface area contributed by atoms with Crippen LogP contribution in [0.3, 0.4) is 0 Å². The summed E-state index contributed by atoms with van der Waals surface area (Å²) < 4.78 is 33.4. The van der Waals surface area contributed by atoms with E-state index in [0.29, 0.717) is 4.47 Å². The highest BCUT2D eigenvalue weighted by molar-refractivity contribution is 9.10. The molecule has 1 aromatic carbocycles. The summed E-state index contributed by atoms with van der Waals surface area (Å²) in [5, 5.41) is 8.83. The first kappa shape index (κ1) is 14.2. The number of fused-ring (bicyclic) bond motifs is 1. The van der Waals surface area contributed by atoms with Gasteiger partial charge in [0.05, 0.1) is 5.92 Å². The number of amides is 1. The van der Waals surface area contributed by atoms with Gasteiger partial charge in [-0.25, -0.2) is 8.78 Å². The zero-order chi connectivity index (χ0) is 14.2. The van der Waals surface area contributed by atoms with Crippen LogP contribution in [0.1, 0.15) is 12.0 Å². The predicted octanol–water partition coefficient (Wildman–Crippen LogP) is 1.64. The molecule has 1 heterocycles. The van der Waals surface area contributed by atoms with Gasteiger partial charge in [0.1, 0.15) is 12.4 Å². The summed E-state index contributed by atoms with van der Waals surface area (Å²) in [7, 11) is 0. The third-order valence-electron chi connectivity index (χ3n) is 2.88. The predicted molar refractivity (Wildman–Crippen MR) is 66.7 cm³/mol. The normalized spacial score (nSPS) is 19.7. The number of hydrogen-bond donors (Lipinski definition) is 2. The molecule has 103 valence electrons. The molecule has 1 radical (unpaired) electrons. The van der Waals surface area contributed by atoms with Crippen molar-refractivity contribution in [1.82, 2.24) is 0 Å².